The van der Waals surface area contributed by atoms with Crippen LogP contribution in [-0.2, 0) is 4.79 Å². The fraction of sp³-hybridized carbons (Fsp3) is 0.409. The molecule has 0 N–H and O–H groups in total. The Balaban J connectivity index is 1.79. The van der Waals surface area contributed by atoms with Gasteiger partial charge in [-0.2, -0.15) is 0 Å². The molecule has 2 unspecified atom stereocenters. The normalized spacial score (nSPS) is 21.0. The molecule has 1 saturated heterocycles. The number of carbonyl (C=O) groups excluding carboxylic acids is 1. The third-order valence-electron chi connectivity index (χ3n) is 4.57. The Morgan fingerprint density at radius 3 is 2.36 bits per heavy atom. The van der Waals surface area contributed by atoms with Crippen LogP contribution in [0.2, 0.25) is 5.02 Å². The van der Waals surface area contributed by atoms with Gasteiger partial charge in [0, 0.05) is 5.02 Å². The van der Waals surface area contributed by atoms with Gasteiger partial charge in [-0.15, -0.1) is 11.8 Å². The summed E-state index contributed by atoms with van der Waals surface area (Å²) in [4.78, 5) is 15.0. The molecule has 0 bridgehead atoms. The standard InChI is InChI=1S/C22H26ClNO3S/c1-15(2)20-24(19(25)14-26-17-12-10-16(23)11-13-17)21(22(3,4)28-20)27-18-8-6-5-7-9-18/h5-13,15,20-21H,14H2,1-4H3. The van der Waals surface area contributed by atoms with Crippen LogP contribution in [0.5, 0.6) is 11.5 Å². The molecule has 2 atom stereocenters. The predicted molar refractivity (Wildman–Crippen MR) is 115 cm³/mol. The van der Waals surface area contributed by atoms with Crippen molar-refractivity contribution in [2.75, 3.05) is 6.61 Å². The van der Waals surface area contributed by atoms with E-state index in [0.717, 1.165) is 5.75 Å². The summed E-state index contributed by atoms with van der Waals surface area (Å²) in [5.74, 6) is 1.56. The third-order valence-corrected chi connectivity index (χ3v) is 6.65. The van der Waals surface area contributed by atoms with Crippen molar-refractivity contribution in [2.45, 2.75) is 44.0 Å². The van der Waals surface area contributed by atoms with Gasteiger partial charge in [0.2, 0.25) is 0 Å². The number of hydrogen-bond donors (Lipinski definition) is 0. The number of halogens is 1. The fourth-order valence-electron chi connectivity index (χ4n) is 3.20. The first kappa shape index (κ1) is 20.9. The molecule has 6 heteroatoms. The molecule has 1 fully saturated rings. The van der Waals surface area contributed by atoms with Crippen LogP contribution in [-0.4, -0.2) is 33.8 Å². The van der Waals surface area contributed by atoms with E-state index in [9.17, 15) is 4.79 Å². The number of rotatable bonds is 6. The van der Waals surface area contributed by atoms with Gasteiger partial charge in [-0.3, -0.25) is 9.69 Å². The van der Waals surface area contributed by atoms with E-state index >= 15 is 0 Å². The van der Waals surface area contributed by atoms with Gasteiger partial charge >= 0.3 is 0 Å². The molecule has 0 spiro atoms. The lowest BCUT2D eigenvalue weighted by atomic mass is 10.1. The Labute approximate surface area is 176 Å². The summed E-state index contributed by atoms with van der Waals surface area (Å²) in [5.41, 5.74) is 0. The van der Waals surface area contributed by atoms with Gasteiger partial charge < -0.3 is 9.47 Å². The molecular formula is C22H26ClNO3S. The van der Waals surface area contributed by atoms with Crippen molar-refractivity contribution in [1.82, 2.24) is 4.90 Å². The molecule has 0 saturated carbocycles. The maximum absolute atomic E-state index is 13.2. The Morgan fingerprint density at radius 2 is 1.75 bits per heavy atom. The molecule has 3 rings (SSSR count). The summed E-state index contributed by atoms with van der Waals surface area (Å²) in [6.07, 6.45) is -0.381. The van der Waals surface area contributed by atoms with Crippen molar-refractivity contribution in [3.8, 4) is 11.5 Å². The molecule has 28 heavy (non-hydrogen) atoms. The minimum Gasteiger partial charge on any atom is -0.484 e. The van der Waals surface area contributed by atoms with Crippen LogP contribution in [0.15, 0.2) is 54.6 Å². The number of hydrogen-bond acceptors (Lipinski definition) is 4. The molecule has 2 aromatic carbocycles. The fourth-order valence-corrected chi connectivity index (χ4v) is 4.84. The van der Waals surface area contributed by atoms with Crippen molar-refractivity contribution in [2.24, 2.45) is 5.92 Å². The molecule has 1 heterocycles. The zero-order valence-electron chi connectivity index (χ0n) is 16.6. The van der Waals surface area contributed by atoms with E-state index in [4.69, 9.17) is 21.1 Å². The van der Waals surface area contributed by atoms with Gasteiger partial charge in [0.05, 0.1) is 10.1 Å². The summed E-state index contributed by atoms with van der Waals surface area (Å²) in [5, 5.41) is 0.651. The zero-order chi connectivity index (χ0) is 20.3. The van der Waals surface area contributed by atoms with Gasteiger partial charge in [-0.1, -0.05) is 43.6 Å². The minimum absolute atomic E-state index is 0.0185. The minimum atomic E-state index is -0.381. The molecule has 0 radical (unpaired) electrons. The van der Waals surface area contributed by atoms with E-state index in [-0.39, 0.29) is 34.8 Å². The molecule has 1 aliphatic heterocycles. The van der Waals surface area contributed by atoms with Crippen LogP contribution < -0.4 is 9.47 Å². The van der Waals surface area contributed by atoms with Gasteiger partial charge in [0.15, 0.2) is 12.8 Å². The van der Waals surface area contributed by atoms with Crippen molar-refractivity contribution < 1.29 is 14.3 Å². The van der Waals surface area contributed by atoms with E-state index in [1.807, 2.05) is 35.2 Å². The first-order valence-electron chi connectivity index (χ1n) is 9.37. The number of para-hydroxylation sites is 1. The first-order chi connectivity index (χ1) is 13.3. The number of ether oxygens (including phenoxy) is 2. The second-order valence-electron chi connectivity index (χ2n) is 7.68. The lowest BCUT2D eigenvalue weighted by Gasteiger charge is -2.34. The highest BCUT2D eigenvalue weighted by Gasteiger charge is 2.52. The van der Waals surface area contributed by atoms with Crippen molar-refractivity contribution in [3.63, 3.8) is 0 Å². The second kappa shape index (κ2) is 8.66. The first-order valence-corrected chi connectivity index (χ1v) is 10.6. The summed E-state index contributed by atoms with van der Waals surface area (Å²) >= 11 is 7.68. The van der Waals surface area contributed by atoms with E-state index in [0.29, 0.717) is 10.8 Å². The summed E-state index contributed by atoms with van der Waals surface area (Å²) in [6, 6.07) is 16.6. The van der Waals surface area contributed by atoms with Crippen LogP contribution in [0.1, 0.15) is 27.7 Å². The van der Waals surface area contributed by atoms with E-state index in [1.54, 1.807) is 36.0 Å². The highest BCUT2D eigenvalue weighted by atomic mass is 35.5. The average Bonchev–Trinajstić information content (AvgIpc) is 2.93. The van der Waals surface area contributed by atoms with E-state index in [1.165, 1.54) is 0 Å². The van der Waals surface area contributed by atoms with E-state index < -0.39 is 0 Å². The molecule has 1 aliphatic rings. The molecule has 0 aliphatic carbocycles. The third kappa shape index (κ3) is 4.76. The Bertz CT molecular complexity index is 795. The predicted octanol–water partition coefficient (Wildman–Crippen LogP) is 5.46. The highest BCUT2D eigenvalue weighted by molar-refractivity contribution is 8.01. The maximum atomic E-state index is 13.2. The second-order valence-corrected chi connectivity index (χ2v) is 9.89. The maximum Gasteiger partial charge on any atom is 0.264 e. The monoisotopic (exact) mass is 419 g/mol. The van der Waals surface area contributed by atoms with E-state index in [2.05, 4.69) is 27.7 Å². The number of benzene rings is 2. The number of carbonyl (C=O) groups is 1. The Hall–Kier alpha value is -1.85. The zero-order valence-corrected chi connectivity index (χ0v) is 18.2. The van der Waals surface area contributed by atoms with Crippen LogP contribution in [0.3, 0.4) is 0 Å². The molecule has 4 nitrogen and oxygen atoms in total. The van der Waals surface area contributed by atoms with Gasteiger partial charge in [0.25, 0.3) is 5.91 Å². The van der Waals surface area contributed by atoms with Gasteiger partial charge in [0.1, 0.15) is 11.5 Å². The molecular weight excluding hydrogens is 394 g/mol. The topological polar surface area (TPSA) is 38.8 Å². The molecule has 0 aromatic heterocycles. The average molecular weight is 420 g/mol. The summed E-state index contributed by atoms with van der Waals surface area (Å²) in [7, 11) is 0. The van der Waals surface area contributed by atoms with Crippen molar-refractivity contribution >= 4 is 29.3 Å². The van der Waals surface area contributed by atoms with Gasteiger partial charge in [-0.25, -0.2) is 0 Å². The van der Waals surface area contributed by atoms with Crippen molar-refractivity contribution in [1.29, 1.82) is 0 Å². The van der Waals surface area contributed by atoms with Crippen LogP contribution >= 0.6 is 23.4 Å². The number of nitrogens with zero attached hydrogens (tertiary/aromatic N) is 1. The highest BCUT2D eigenvalue weighted by Crippen LogP contribution is 2.47. The van der Waals surface area contributed by atoms with Gasteiger partial charge in [-0.05, 0) is 56.2 Å². The summed E-state index contributed by atoms with van der Waals surface area (Å²) in [6.45, 7) is 8.44. The largest absolute Gasteiger partial charge is 0.484 e. The molecule has 1 amide bonds. The quantitative estimate of drug-likeness (QED) is 0.623. The number of amides is 1. The van der Waals surface area contributed by atoms with Crippen LogP contribution in [0.25, 0.3) is 0 Å². The molecule has 2 aromatic rings. The Kier molecular flexibility index (Phi) is 6.46. The Morgan fingerprint density at radius 1 is 1.11 bits per heavy atom. The summed E-state index contributed by atoms with van der Waals surface area (Å²) < 4.78 is 11.7. The SMILES string of the molecule is CC(C)C1SC(C)(C)C(Oc2ccccc2)N1C(=O)COc1ccc(Cl)cc1. The lowest BCUT2D eigenvalue weighted by molar-refractivity contribution is -0.143. The van der Waals surface area contributed by atoms with Crippen LogP contribution in [0, 0.1) is 5.92 Å². The van der Waals surface area contributed by atoms with Crippen LogP contribution in [0.4, 0.5) is 0 Å². The molecule has 150 valence electrons. The van der Waals surface area contributed by atoms with Crippen molar-refractivity contribution in [3.05, 3.63) is 59.6 Å². The number of thioether (sulfide) groups is 1. The lowest BCUT2D eigenvalue weighted by Crippen LogP contribution is -2.51. The smallest absolute Gasteiger partial charge is 0.264 e.